The molecule has 0 amide bonds. The maximum absolute atomic E-state index is 10.7. The fourth-order valence-electron chi connectivity index (χ4n) is 1.95. The number of anilines is 1. The fourth-order valence-corrected chi connectivity index (χ4v) is 2.69. The van der Waals surface area contributed by atoms with Crippen molar-refractivity contribution >= 4 is 22.6 Å². The molecule has 1 aromatic heterocycles. The maximum Gasteiger partial charge on any atom is 0.205 e. The summed E-state index contributed by atoms with van der Waals surface area (Å²) >= 11 is 1.27. The number of hydrogen-bond acceptors (Lipinski definition) is 7. The molecular formula is C15H18N3O3S-. The molecule has 0 atom stereocenters. The van der Waals surface area contributed by atoms with Gasteiger partial charge in [0.25, 0.3) is 0 Å². The molecule has 2 rings (SSSR count). The van der Waals surface area contributed by atoms with E-state index in [1.807, 2.05) is 35.2 Å². The first-order valence-electron chi connectivity index (χ1n) is 6.99. The Morgan fingerprint density at radius 3 is 2.77 bits per heavy atom. The van der Waals surface area contributed by atoms with E-state index in [1.54, 1.807) is 7.11 Å². The van der Waals surface area contributed by atoms with Crippen LogP contribution in [0.4, 0.5) is 5.13 Å². The molecule has 1 heterocycles. The highest BCUT2D eigenvalue weighted by atomic mass is 32.1. The highest BCUT2D eigenvalue weighted by Gasteiger charge is 2.12. The third-order valence-corrected chi connectivity index (χ3v) is 3.90. The van der Waals surface area contributed by atoms with Gasteiger partial charge in [-0.15, -0.1) is 0 Å². The molecule has 0 aliphatic rings. The van der Waals surface area contributed by atoms with Crippen molar-refractivity contribution in [3.05, 3.63) is 41.7 Å². The van der Waals surface area contributed by atoms with Gasteiger partial charge in [-0.25, -0.2) is 4.98 Å². The molecule has 0 unspecified atom stereocenters. The van der Waals surface area contributed by atoms with E-state index in [2.05, 4.69) is 9.36 Å². The van der Waals surface area contributed by atoms with Crippen molar-refractivity contribution < 1.29 is 14.6 Å². The zero-order valence-corrected chi connectivity index (χ0v) is 13.2. The molecule has 0 aliphatic carbocycles. The van der Waals surface area contributed by atoms with E-state index < -0.39 is 5.97 Å². The molecule has 0 N–H and O–H groups in total. The molecule has 0 saturated heterocycles. The molecule has 0 fully saturated rings. The average molecular weight is 320 g/mol. The van der Waals surface area contributed by atoms with Crippen molar-refractivity contribution in [1.29, 1.82) is 0 Å². The number of carbonyl (C=O) groups excluding carboxylic acids is 1. The minimum atomic E-state index is -1.07. The molecule has 0 saturated carbocycles. The van der Waals surface area contributed by atoms with Crippen LogP contribution in [-0.4, -0.2) is 42.1 Å². The number of hydrogen-bond donors (Lipinski definition) is 0. The van der Waals surface area contributed by atoms with Gasteiger partial charge in [-0.1, -0.05) is 30.3 Å². The molecule has 0 radical (unpaired) electrons. The molecule has 6 nitrogen and oxygen atoms in total. The van der Waals surface area contributed by atoms with Crippen molar-refractivity contribution in [1.82, 2.24) is 9.36 Å². The molecule has 0 bridgehead atoms. The molecule has 118 valence electrons. The Hall–Kier alpha value is -1.99. The Labute approximate surface area is 133 Å². The first-order valence-corrected chi connectivity index (χ1v) is 7.76. The summed E-state index contributed by atoms with van der Waals surface area (Å²) < 4.78 is 9.41. The highest BCUT2D eigenvalue weighted by molar-refractivity contribution is 7.09. The smallest absolute Gasteiger partial charge is 0.205 e. The lowest BCUT2D eigenvalue weighted by Gasteiger charge is -2.21. The summed E-state index contributed by atoms with van der Waals surface area (Å²) in [6.07, 6.45) is 0.618. The van der Waals surface area contributed by atoms with E-state index in [0.717, 1.165) is 11.4 Å². The van der Waals surface area contributed by atoms with Gasteiger partial charge in [-0.05, 0) is 5.56 Å². The number of carboxylic acid groups (broad SMARTS) is 1. The Kier molecular flexibility index (Phi) is 6.29. The largest absolute Gasteiger partial charge is 0.550 e. The van der Waals surface area contributed by atoms with E-state index in [1.165, 1.54) is 11.5 Å². The van der Waals surface area contributed by atoms with Gasteiger partial charge in [0.2, 0.25) is 5.13 Å². The standard InChI is InChI=1S/C15H19N3O3S/c1-21-10-9-18(8-7-14(19)20)15-16-13(17-22-15)11-12-5-3-2-4-6-12/h2-6H,7-11H2,1H3,(H,19,20)/p-1. The summed E-state index contributed by atoms with van der Waals surface area (Å²) in [5.41, 5.74) is 1.14. The minimum Gasteiger partial charge on any atom is -0.550 e. The maximum atomic E-state index is 10.7. The number of rotatable bonds is 9. The van der Waals surface area contributed by atoms with Gasteiger partial charge in [0.15, 0.2) is 0 Å². The number of carbonyl (C=O) groups is 1. The van der Waals surface area contributed by atoms with Crippen molar-refractivity contribution in [3.8, 4) is 0 Å². The SMILES string of the molecule is COCCN(CCC(=O)[O-])c1nc(Cc2ccccc2)ns1. The van der Waals surface area contributed by atoms with Crippen molar-refractivity contribution in [2.75, 3.05) is 31.7 Å². The topological polar surface area (TPSA) is 78.4 Å². The average Bonchev–Trinajstić information content (AvgIpc) is 2.96. The second kappa shape index (κ2) is 8.45. The van der Waals surface area contributed by atoms with Crippen LogP contribution in [0.15, 0.2) is 30.3 Å². The van der Waals surface area contributed by atoms with E-state index in [0.29, 0.717) is 31.2 Å². The summed E-state index contributed by atoms with van der Waals surface area (Å²) in [6.45, 7) is 1.41. The molecule has 22 heavy (non-hydrogen) atoms. The second-order valence-corrected chi connectivity index (χ2v) is 5.49. The number of nitrogens with zero attached hydrogens (tertiary/aromatic N) is 3. The lowest BCUT2D eigenvalue weighted by Crippen LogP contribution is -2.33. The fraction of sp³-hybridized carbons (Fsp3) is 0.400. The van der Waals surface area contributed by atoms with Crippen LogP contribution in [0.25, 0.3) is 0 Å². The summed E-state index contributed by atoms with van der Waals surface area (Å²) in [5.74, 6) is -0.335. The van der Waals surface area contributed by atoms with Crippen LogP contribution in [0.1, 0.15) is 17.8 Å². The van der Waals surface area contributed by atoms with Gasteiger partial charge >= 0.3 is 0 Å². The van der Waals surface area contributed by atoms with Crippen LogP contribution in [-0.2, 0) is 16.0 Å². The van der Waals surface area contributed by atoms with Crippen LogP contribution in [0.2, 0.25) is 0 Å². The van der Waals surface area contributed by atoms with Crippen LogP contribution >= 0.6 is 11.5 Å². The summed E-state index contributed by atoms with van der Waals surface area (Å²) in [5, 5.41) is 11.4. The van der Waals surface area contributed by atoms with Gasteiger partial charge in [0, 0.05) is 50.5 Å². The molecular weight excluding hydrogens is 302 g/mol. The third-order valence-electron chi connectivity index (χ3n) is 3.08. The molecule has 1 aromatic carbocycles. The molecule has 0 spiro atoms. The summed E-state index contributed by atoms with van der Waals surface area (Å²) in [4.78, 5) is 17.0. The number of methoxy groups -OCH3 is 1. The Morgan fingerprint density at radius 2 is 2.09 bits per heavy atom. The monoisotopic (exact) mass is 320 g/mol. The van der Waals surface area contributed by atoms with Crippen molar-refractivity contribution in [2.24, 2.45) is 0 Å². The van der Waals surface area contributed by atoms with Gasteiger partial charge in [-0.3, -0.25) is 0 Å². The number of benzene rings is 1. The molecule has 0 aliphatic heterocycles. The van der Waals surface area contributed by atoms with E-state index in [-0.39, 0.29) is 6.42 Å². The lowest BCUT2D eigenvalue weighted by molar-refractivity contribution is -0.305. The number of aromatic nitrogens is 2. The first kappa shape index (κ1) is 16.4. The van der Waals surface area contributed by atoms with Crippen LogP contribution in [0, 0.1) is 0 Å². The number of aliphatic carboxylic acids is 1. The van der Waals surface area contributed by atoms with E-state index in [4.69, 9.17) is 4.74 Å². The van der Waals surface area contributed by atoms with Crippen molar-refractivity contribution in [3.63, 3.8) is 0 Å². The highest BCUT2D eigenvalue weighted by Crippen LogP contribution is 2.19. The van der Waals surface area contributed by atoms with Crippen LogP contribution in [0.3, 0.4) is 0 Å². The quantitative estimate of drug-likeness (QED) is 0.677. The Morgan fingerprint density at radius 1 is 1.32 bits per heavy atom. The first-order chi connectivity index (χ1) is 10.7. The van der Waals surface area contributed by atoms with Gasteiger partial charge < -0.3 is 19.5 Å². The van der Waals surface area contributed by atoms with Crippen LogP contribution in [0.5, 0.6) is 0 Å². The summed E-state index contributed by atoms with van der Waals surface area (Å²) in [7, 11) is 1.61. The molecule has 2 aromatic rings. The predicted molar refractivity (Wildman–Crippen MR) is 82.9 cm³/mol. The van der Waals surface area contributed by atoms with E-state index in [9.17, 15) is 9.90 Å². The lowest BCUT2D eigenvalue weighted by atomic mass is 10.1. The normalized spacial score (nSPS) is 10.6. The minimum absolute atomic E-state index is 0.0443. The van der Waals surface area contributed by atoms with Crippen LogP contribution < -0.4 is 10.0 Å². The summed E-state index contributed by atoms with van der Waals surface area (Å²) in [6, 6.07) is 9.98. The third kappa shape index (κ3) is 5.09. The Bertz CT molecular complexity index is 589. The van der Waals surface area contributed by atoms with Gasteiger partial charge in [0.1, 0.15) is 5.82 Å². The zero-order valence-electron chi connectivity index (χ0n) is 12.4. The zero-order chi connectivity index (χ0) is 15.8. The van der Waals surface area contributed by atoms with E-state index >= 15 is 0 Å². The molecule has 7 heteroatoms. The predicted octanol–water partition coefficient (Wildman–Crippen LogP) is 0.722. The Balaban J connectivity index is 2.03. The van der Waals surface area contributed by atoms with Gasteiger partial charge in [-0.2, -0.15) is 4.37 Å². The van der Waals surface area contributed by atoms with Crippen molar-refractivity contribution in [2.45, 2.75) is 12.8 Å². The van der Waals surface area contributed by atoms with Gasteiger partial charge in [0.05, 0.1) is 6.61 Å². The second-order valence-electron chi connectivity index (χ2n) is 4.76. The number of carboxylic acids is 1. The number of ether oxygens (including phenoxy) is 1.